The van der Waals surface area contributed by atoms with Crippen LogP contribution in [0.1, 0.15) is 39.8 Å². The van der Waals surface area contributed by atoms with E-state index in [0.717, 1.165) is 30.0 Å². The summed E-state index contributed by atoms with van der Waals surface area (Å²) >= 11 is 3.14. The zero-order valence-electron chi connectivity index (χ0n) is 10.1. The molecule has 0 aliphatic carbocycles. The van der Waals surface area contributed by atoms with E-state index in [1.807, 2.05) is 11.8 Å². The molecule has 3 heterocycles. The molecule has 94 valence electrons. The van der Waals surface area contributed by atoms with E-state index in [2.05, 4.69) is 21.8 Å². The van der Waals surface area contributed by atoms with Crippen LogP contribution in [-0.2, 0) is 0 Å². The highest BCUT2D eigenvalue weighted by atomic mass is 32.1. The second kappa shape index (κ2) is 4.82. The Labute approximate surface area is 114 Å². The molecule has 0 bridgehead atoms. The van der Waals surface area contributed by atoms with Gasteiger partial charge >= 0.3 is 0 Å². The van der Waals surface area contributed by atoms with E-state index in [0.29, 0.717) is 0 Å². The van der Waals surface area contributed by atoms with Crippen LogP contribution in [0.2, 0.25) is 0 Å². The van der Waals surface area contributed by atoms with Crippen LogP contribution in [0.15, 0.2) is 22.3 Å². The topological polar surface area (TPSA) is 33.2 Å². The number of carbonyl (C=O) groups is 1. The maximum absolute atomic E-state index is 12.5. The summed E-state index contributed by atoms with van der Waals surface area (Å²) in [7, 11) is 0. The Bertz CT molecular complexity index is 547. The zero-order chi connectivity index (χ0) is 12.5. The van der Waals surface area contributed by atoms with Crippen LogP contribution in [0.5, 0.6) is 0 Å². The normalized spacial score (nSPS) is 19.4. The highest BCUT2D eigenvalue weighted by Gasteiger charge is 2.32. The van der Waals surface area contributed by atoms with Crippen molar-refractivity contribution in [1.29, 1.82) is 0 Å². The van der Waals surface area contributed by atoms with Gasteiger partial charge < -0.3 is 4.90 Å². The molecule has 0 N–H and O–H groups in total. The van der Waals surface area contributed by atoms with Gasteiger partial charge in [-0.15, -0.1) is 11.3 Å². The second-order valence-corrected chi connectivity index (χ2v) is 6.11. The Morgan fingerprint density at radius 1 is 1.56 bits per heavy atom. The number of aryl methyl sites for hydroxylation is 1. The monoisotopic (exact) mass is 278 g/mol. The number of aromatic nitrogens is 1. The van der Waals surface area contributed by atoms with E-state index in [1.54, 1.807) is 16.8 Å². The molecule has 5 heteroatoms. The molecule has 3 rings (SSSR count). The first-order valence-corrected chi connectivity index (χ1v) is 7.83. The van der Waals surface area contributed by atoms with Gasteiger partial charge in [0.1, 0.15) is 4.88 Å². The summed E-state index contributed by atoms with van der Waals surface area (Å²) in [6, 6.07) is 2.38. The Morgan fingerprint density at radius 3 is 3.11 bits per heavy atom. The van der Waals surface area contributed by atoms with Gasteiger partial charge in [-0.25, -0.2) is 4.98 Å². The summed E-state index contributed by atoms with van der Waals surface area (Å²) in [5, 5.41) is 4.23. The molecule has 0 spiro atoms. The summed E-state index contributed by atoms with van der Waals surface area (Å²) in [6.07, 6.45) is 2.16. The van der Waals surface area contributed by atoms with E-state index >= 15 is 0 Å². The van der Waals surface area contributed by atoms with Crippen LogP contribution < -0.4 is 0 Å². The highest BCUT2D eigenvalue weighted by Crippen LogP contribution is 2.34. The highest BCUT2D eigenvalue weighted by molar-refractivity contribution is 7.11. The van der Waals surface area contributed by atoms with Gasteiger partial charge in [-0.1, -0.05) is 0 Å². The average Bonchev–Trinajstić information content (AvgIpc) is 3.09. The molecule has 0 saturated carbocycles. The van der Waals surface area contributed by atoms with Crippen molar-refractivity contribution in [3.63, 3.8) is 0 Å². The van der Waals surface area contributed by atoms with Gasteiger partial charge in [-0.05, 0) is 42.2 Å². The molecular formula is C13H14N2OS2. The van der Waals surface area contributed by atoms with Crippen molar-refractivity contribution < 1.29 is 4.79 Å². The fourth-order valence-electron chi connectivity index (χ4n) is 2.46. The van der Waals surface area contributed by atoms with Crippen LogP contribution in [0.4, 0.5) is 0 Å². The lowest BCUT2D eigenvalue weighted by Gasteiger charge is -2.23. The van der Waals surface area contributed by atoms with E-state index in [-0.39, 0.29) is 11.9 Å². The molecule has 0 radical (unpaired) electrons. The number of rotatable bonds is 2. The van der Waals surface area contributed by atoms with Crippen molar-refractivity contribution in [2.75, 3.05) is 6.54 Å². The summed E-state index contributed by atoms with van der Waals surface area (Å²) in [4.78, 5) is 19.5. The van der Waals surface area contributed by atoms with Crippen LogP contribution in [0.3, 0.4) is 0 Å². The number of thiophene rings is 1. The number of carbonyl (C=O) groups excluding carboxylic acids is 1. The molecule has 1 amide bonds. The number of thiazole rings is 1. The molecule has 1 fully saturated rings. The van der Waals surface area contributed by atoms with E-state index in [9.17, 15) is 4.79 Å². The maximum atomic E-state index is 12.5. The van der Waals surface area contributed by atoms with Gasteiger partial charge in [0.25, 0.3) is 5.91 Å². The van der Waals surface area contributed by atoms with Gasteiger partial charge in [0, 0.05) is 6.54 Å². The molecule has 2 aromatic heterocycles. The largest absolute Gasteiger partial charge is 0.331 e. The summed E-state index contributed by atoms with van der Waals surface area (Å²) in [6.45, 7) is 2.76. The first-order chi connectivity index (χ1) is 8.77. The zero-order valence-corrected chi connectivity index (χ0v) is 11.8. The third-order valence-corrected chi connectivity index (χ3v) is 5.00. The minimum absolute atomic E-state index is 0.142. The summed E-state index contributed by atoms with van der Waals surface area (Å²) in [5.41, 5.74) is 3.87. The second-order valence-electron chi connectivity index (χ2n) is 4.48. The lowest BCUT2D eigenvalue weighted by Crippen LogP contribution is -2.30. The Hall–Kier alpha value is -1.20. The Morgan fingerprint density at radius 2 is 2.44 bits per heavy atom. The smallest absolute Gasteiger partial charge is 0.266 e. The summed E-state index contributed by atoms with van der Waals surface area (Å²) in [5.74, 6) is 0.142. The van der Waals surface area contributed by atoms with Gasteiger partial charge in [0.05, 0.1) is 17.2 Å². The van der Waals surface area contributed by atoms with Crippen molar-refractivity contribution in [2.24, 2.45) is 0 Å². The number of likely N-dealkylation sites (tertiary alicyclic amines) is 1. The fraction of sp³-hybridized carbons (Fsp3) is 0.385. The van der Waals surface area contributed by atoms with Gasteiger partial charge in [-0.2, -0.15) is 11.3 Å². The molecule has 1 saturated heterocycles. The standard InChI is InChI=1S/C13H14N2OS2/c1-9-12(18-8-14-9)13(16)15-5-2-3-11(15)10-4-6-17-7-10/h4,6-8,11H,2-3,5H2,1H3. The van der Waals surface area contributed by atoms with Crippen molar-refractivity contribution >= 4 is 28.6 Å². The first kappa shape index (κ1) is 11.9. The van der Waals surface area contributed by atoms with Crippen LogP contribution in [-0.4, -0.2) is 22.3 Å². The van der Waals surface area contributed by atoms with Crippen molar-refractivity contribution in [3.05, 3.63) is 38.5 Å². The van der Waals surface area contributed by atoms with E-state index in [1.165, 1.54) is 16.9 Å². The van der Waals surface area contributed by atoms with Crippen LogP contribution in [0.25, 0.3) is 0 Å². The maximum Gasteiger partial charge on any atom is 0.266 e. The van der Waals surface area contributed by atoms with Gasteiger partial charge in [0.2, 0.25) is 0 Å². The molecule has 0 aromatic carbocycles. The Balaban J connectivity index is 1.88. The van der Waals surface area contributed by atoms with Crippen molar-refractivity contribution in [2.45, 2.75) is 25.8 Å². The van der Waals surface area contributed by atoms with E-state index < -0.39 is 0 Å². The molecule has 2 aromatic rings. The number of nitrogens with zero attached hydrogens (tertiary/aromatic N) is 2. The predicted octanol–water partition coefficient (Wildman–Crippen LogP) is 3.49. The lowest BCUT2D eigenvalue weighted by molar-refractivity contribution is 0.0740. The quantitative estimate of drug-likeness (QED) is 0.842. The van der Waals surface area contributed by atoms with Crippen molar-refractivity contribution in [3.8, 4) is 0 Å². The minimum Gasteiger partial charge on any atom is -0.331 e. The van der Waals surface area contributed by atoms with Crippen molar-refractivity contribution in [1.82, 2.24) is 9.88 Å². The SMILES string of the molecule is Cc1ncsc1C(=O)N1CCCC1c1ccsc1. The number of hydrogen-bond donors (Lipinski definition) is 0. The van der Waals surface area contributed by atoms with Crippen LogP contribution >= 0.6 is 22.7 Å². The Kier molecular flexibility index (Phi) is 3.18. The minimum atomic E-state index is 0.142. The molecule has 3 nitrogen and oxygen atoms in total. The lowest BCUT2D eigenvalue weighted by atomic mass is 10.1. The molecule has 18 heavy (non-hydrogen) atoms. The first-order valence-electron chi connectivity index (χ1n) is 6.00. The molecule has 1 aliphatic rings. The van der Waals surface area contributed by atoms with Crippen LogP contribution in [0, 0.1) is 6.92 Å². The molecule has 1 aliphatic heterocycles. The van der Waals surface area contributed by atoms with Gasteiger partial charge in [-0.3, -0.25) is 4.79 Å². The molecule has 1 unspecified atom stereocenters. The van der Waals surface area contributed by atoms with E-state index in [4.69, 9.17) is 0 Å². The third-order valence-electron chi connectivity index (χ3n) is 3.38. The van der Waals surface area contributed by atoms with Gasteiger partial charge in [0.15, 0.2) is 0 Å². The average molecular weight is 278 g/mol. The molecule has 1 atom stereocenters. The third kappa shape index (κ3) is 1.97. The number of amides is 1. The summed E-state index contributed by atoms with van der Waals surface area (Å²) < 4.78 is 0. The number of hydrogen-bond acceptors (Lipinski definition) is 4. The fourth-order valence-corrected chi connectivity index (χ4v) is 3.92. The predicted molar refractivity (Wildman–Crippen MR) is 74.2 cm³/mol. The molecular weight excluding hydrogens is 264 g/mol.